The number of aliphatic hydroxyl groups is 1. The number of carbonyl (C=O) groups excluding carboxylic acids is 2. The Kier molecular flexibility index (Phi) is 9.23. The van der Waals surface area contributed by atoms with Gasteiger partial charge in [-0.3, -0.25) is 14.6 Å². The van der Waals surface area contributed by atoms with Crippen molar-refractivity contribution >= 4 is 52.1 Å². The molecule has 0 saturated heterocycles. The molecule has 0 fully saturated rings. The fourth-order valence-corrected chi connectivity index (χ4v) is 4.27. The minimum absolute atomic E-state index is 0.0808. The molecule has 0 spiro atoms. The minimum atomic E-state index is -0.694. The molecule has 0 aliphatic heterocycles. The molecule has 0 saturated carbocycles. The van der Waals surface area contributed by atoms with Crippen molar-refractivity contribution in [1.29, 1.82) is 0 Å². The Bertz CT molecular complexity index is 1350. The number of pyridine rings is 2. The number of hydrogen-bond donors (Lipinski definition) is 3. The van der Waals surface area contributed by atoms with Crippen LogP contribution >= 0.6 is 11.6 Å². The van der Waals surface area contributed by atoms with Crippen molar-refractivity contribution in [3.63, 3.8) is 0 Å². The maximum Gasteiger partial charge on any atom is 0.415 e. The SMILES string of the molecule is CCN(C(=O)OC(C)(C)C)c1cc(NC(=O)NN(CCO)c2cc(C(C)C)c3c(C)nn(C)c3n2)cc(Cl)n1. The summed E-state index contributed by atoms with van der Waals surface area (Å²) in [5, 5.41) is 19.4. The van der Waals surface area contributed by atoms with Gasteiger partial charge >= 0.3 is 12.1 Å². The third kappa shape index (κ3) is 7.27. The van der Waals surface area contributed by atoms with Crippen molar-refractivity contribution in [3.8, 4) is 0 Å². The van der Waals surface area contributed by atoms with E-state index in [1.54, 1.807) is 32.4 Å². The molecule has 39 heavy (non-hydrogen) atoms. The van der Waals surface area contributed by atoms with Crippen LogP contribution in [0, 0.1) is 6.92 Å². The Morgan fingerprint density at radius 1 is 1.18 bits per heavy atom. The topological polar surface area (TPSA) is 138 Å². The minimum Gasteiger partial charge on any atom is -0.443 e. The summed E-state index contributed by atoms with van der Waals surface area (Å²) in [6, 6.07) is 4.27. The molecule has 3 amide bonds. The van der Waals surface area contributed by atoms with Crippen LogP contribution in [-0.2, 0) is 11.8 Å². The summed E-state index contributed by atoms with van der Waals surface area (Å²) in [6.07, 6.45) is -0.586. The number of halogens is 1. The fraction of sp³-hybridized carbons (Fsp3) is 0.500. The second kappa shape index (κ2) is 12.0. The standard InChI is InChI=1S/C26H37ClN8O4/c1-9-34(25(38)39-26(5,6)7)20-13-17(12-19(27)29-20)28-24(37)32-35(10-11-36)21-14-18(15(2)3)22-16(4)31-33(8)23(22)30-21/h12-15,36H,9-11H2,1-8H3,(H2,28,29,32,37). The molecule has 0 atom stereocenters. The van der Waals surface area contributed by atoms with Gasteiger partial charge in [0.2, 0.25) is 0 Å². The number of anilines is 3. The van der Waals surface area contributed by atoms with Crippen molar-refractivity contribution in [2.75, 3.05) is 34.9 Å². The number of aliphatic hydroxyl groups excluding tert-OH is 1. The normalized spacial score (nSPS) is 11.6. The summed E-state index contributed by atoms with van der Waals surface area (Å²) in [6.45, 7) is 13.3. The van der Waals surface area contributed by atoms with Gasteiger partial charge in [-0.15, -0.1) is 0 Å². The van der Waals surface area contributed by atoms with E-state index in [0.29, 0.717) is 17.2 Å². The highest BCUT2D eigenvalue weighted by Gasteiger charge is 2.24. The number of nitrogens with one attached hydrogen (secondary N) is 2. The van der Waals surface area contributed by atoms with Crippen LogP contribution in [0.15, 0.2) is 18.2 Å². The van der Waals surface area contributed by atoms with Gasteiger partial charge in [-0.1, -0.05) is 25.4 Å². The quantitative estimate of drug-likeness (QED) is 0.265. The number of amides is 3. The lowest BCUT2D eigenvalue weighted by atomic mass is 10.00. The Hall–Kier alpha value is -3.64. The number of urea groups is 1. The van der Waals surface area contributed by atoms with Crippen molar-refractivity contribution in [1.82, 2.24) is 25.2 Å². The number of aryl methyl sites for hydroxylation is 2. The number of fused-ring (bicyclic) bond motifs is 1. The first kappa shape index (κ1) is 29.9. The van der Waals surface area contributed by atoms with Gasteiger partial charge in [0.25, 0.3) is 0 Å². The van der Waals surface area contributed by atoms with Crippen LogP contribution < -0.4 is 20.7 Å². The lowest BCUT2D eigenvalue weighted by Crippen LogP contribution is -2.46. The summed E-state index contributed by atoms with van der Waals surface area (Å²) in [5.74, 6) is 0.849. The van der Waals surface area contributed by atoms with Crippen molar-refractivity contribution in [2.24, 2.45) is 7.05 Å². The van der Waals surface area contributed by atoms with Gasteiger partial charge in [0.1, 0.15) is 22.4 Å². The van der Waals surface area contributed by atoms with Crippen LogP contribution in [0.1, 0.15) is 58.7 Å². The van der Waals surface area contributed by atoms with Gasteiger partial charge in [0.15, 0.2) is 5.65 Å². The van der Waals surface area contributed by atoms with E-state index in [4.69, 9.17) is 21.3 Å². The zero-order valence-corrected chi connectivity index (χ0v) is 24.4. The molecule has 0 unspecified atom stereocenters. The van der Waals surface area contributed by atoms with E-state index in [2.05, 4.69) is 34.7 Å². The largest absolute Gasteiger partial charge is 0.443 e. The molecule has 3 aromatic rings. The van der Waals surface area contributed by atoms with Crippen molar-refractivity contribution in [3.05, 3.63) is 34.6 Å². The lowest BCUT2D eigenvalue weighted by Gasteiger charge is -2.26. The molecule has 12 nitrogen and oxygen atoms in total. The van der Waals surface area contributed by atoms with Crippen LogP contribution in [0.5, 0.6) is 0 Å². The van der Waals surface area contributed by atoms with Gasteiger partial charge in [-0.05, 0) is 58.2 Å². The number of aromatic nitrogens is 4. The van der Waals surface area contributed by atoms with Gasteiger partial charge in [-0.2, -0.15) is 5.10 Å². The lowest BCUT2D eigenvalue weighted by molar-refractivity contribution is 0.0581. The van der Waals surface area contributed by atoms with E-state index in [-0.39, 0.29) is 36.6 Å². The predicted octanol–water partition coefficient (Wildman–Crippen LogP) is 4.75. The number of hydrazine groups is 1. The Balaban J connectivity index is 1.87. The first-order valence-corrected chi connectivity index (χ1v) is 13.1. The molecule has 0 bridgehead atoms. The van der Waals surface area contributed by atoms with Crippen LogP contribution in [-0.4, -0.2) is 62.3 Å². The molecule has 3 aromatic heterocycles. The first-order chi connectivity index (χ1) is 18.2. The average molecular weight is 561 g/mol. The summed E-state index contributed by atoms with van der Waals surface area (Å²) < 4.78 is 7.16. The van der Waals surface area contributed by atoms with Gasteiger partial charge in [0.05, 0.1) is 18.8 Å². The summed E-state index contributed by atoms with van der Waals surface area (Å²) >= 11 is 6.22. The first-order valence-electron chi connectivity index (χ1n) is 12.7. The Labute approximate surface area is 233 Å². The molecular weight excluding hydrogens is 524 g/mol. The molecule has 212 valence electrons. The molecule has 0 aliphatic carbocycles. The second-order valence-corrected chi connectivity index (χ2v) is 10.7. The highest BCUT2D eigenvalue weighted by atomic mass is 35.5. The molecule has 3 rings (SSSR count). The highest BCUT2D eigenvalue weighted by molar-refractivity contribution is 6.30. The Morgan fingerprint density at radius 2 is 1.87 bits per heavy atom. The number of hydrogen-bond acceptors (Lipinski definition) is 8. The van der Waals surface area contributed by atoms with Crippen LogP contribution in [0.4, 0.5) is 26.9 Å². The Morgan fingerprint density at radius 3 is 2.46 bits per heavy atom. The summed E-state index contributed by atoms with van der Waals surface area (Å²) in [7, 11) is 1.81. The number of rotatable bonds is 8. The van der Waals surface area contributed by atoms with E-state index < -0.39 is 17.7 Å². The highest BCUT2D eigenvalue weighted by Crippen LogP contribution is 2.30. The monoisotopic (exact) mass is 560 g/mol. The van der Waals surface area contributed by atoms with Crippen LogP contribution in [0.3, 0.4) is 0 Å². The number of nitrogens with zero attached hydrogens (tertiary/aromatic N) is 6. The molecule has 13 heteroatoms. The van der Waals surface area contributed by atoms with E-state index in [1.165, 1.54) is 22.0 Å². The summed E-state index contributed by atoms with van der Waals surface area (Å²) in [5.41, 5.74) is 4.92. The molecule has 3 N–H and O–H groups in total. The molecule has 0 radical (unpaired) electrons. The van der Waals surface area contributed by atoms with Gasteiger partial charge in [0, 0.05) is 30.7 Å². The van der Waals surface area contributed by atoms with Gasteiger partial charge in [-0.25, -0.2) is 25.0 Å². The van der Waals surface area contributed by atoms with E-state index in [0.717, 1.165) is 16.6 Å². The number of carbonyl (C=O) groups is 2. The van der Waals surface area contributed by atoms with Crippen molar-refractivity contribution in [2.45, 2.75) is 60.0 Å². The second-order valence-electron chi connectivity index (χ2n) is 10.3. The zero-order valence-electron chi connectivity index (χ0n) is 23.7. The number of ether oxygens (including phenoxy) is 1. The van der Waals surface area contributed by atoms with Crippen LogP contribution in [0.25, 0.3) is 11.0 Å². The van der Waals surface area contributed by atoms with Crippen molar-refractivity contribution < 1.29 is 19.4 Å². The predicted molar refractivity (Wildman–Crippen MR) is 152 cm³/mol. The third-order valence-electron chi connectivity index (χ3n) is 5.69. The maximum absolute atomic E-state index is 13.0. The third-order valence-corrected chi connectivity index (χ3v) is 5.88. The van der Waals surface area contributed by atoms with Crippen LogP contribution in [0.2, 0.25) is 5.15 Å². The smallest absolute Gasteiger partial charge is 0.415 e. The summed E-state index contributed by atoms with van der Waals surface area (Å²) in [4.78, 5) is 36.0. The van der Waals surface area contributed by atoms with E-state index in [9.17, 15) is 14.7 Å². The molecule has 0 aliphatic rings. The van der Waals surface area contributed by atoms with Gasteiger partial charge < -0.3 is 15.2 Å². The maximum atomic E-state index is 13.0. The molecule has 0 aromatic carbocycles. The molecule has 3 heterocycles. The zero-order chi connectivity index (χ0) is 29.1. The average Bonchev–Trinajstić information content (AvgIpc) is 3.10. The molecular formula is C26H37ClN8O4. The van der Waals surface area contributed by atoms with E-state index >= 15 is 0 Å². The van der Waals surface area contributed by atoms with E-state index in [1.807, 2.05) is 20.0 Å². The fourth-order valence-electron chi connectivity index (χ4n) is 4.06.